The summed E-state index contributed by atoms with van der Waals surface area (Å²) in [5, 5.41) is 12.1. The van der Waals surface area contributed by atoms with E-state index in [9.17, 15) is 4.79 Å². The van der Waals surface area contributed by atoms with E-state index in [2.05, 4.69) is 5.32 Å². The summed E-state index contributed by atoms with van der Waals surface area (Å²) in [5.41, 5.74) is -0.474. The van der Waals surface area contributed by atoms with Gasteiger partial charge in [-0.3, -0.25) is 4.79 Å². The van der Waals surface area contributed by atoms with Crippen LogP contribution in [-0.2, 0) is 4.79 Å². The second-order valence-electron chi connectivity index (χ2n) is 3.22. The zero-order valence-electron chi connectivity index (χ0n) is 6.89. The van der Waals surface area contributed by atoms with Gasteiger partial charge in [-0.15, -0.1) is 0 Å². The van der Waals surface area contributed by atoms with Crippen LogP contribution in [0.4, 0.5) is 0 Å². The summed E-state index contributed by atoms with van der Waals surface area (Å²) in [4.78, 5) is 10.9. The van der Waals surface area contributed by atoms with Crippen LogP contribution in [0.3, 0.4) is 0 Å². The van der Waals surface area contributed by atoms with Gasteiger partial charge in [0.2, 0.25) is 0 Å². The Morgan fingerprint density at radius 3 is 2.73 bits per heavy atom. The molecular formula is C8H15NO2. The third kappa shape index (κ3) is 1.53. The van der Waals surface area contributed by atoms with Crippen molar-refractivity contribution in [2.24, 2.45) is 5.41 Å². The van der Waals surface area contributed by atoms with Gasteiger partial charge in [-0.25, -0.2) is 0 Å². The highest BCUT2D eigenvalue weighted by Crippen LogP contribution is 2.29. The summed E-state index contributed by atoms with van der Waals surface area (Å²) in [6, 6.07) is 0. The van der Waals surface area contributed by atoms with Gasteiger partial charge in [-0.1, -0.05) is 6.92 Å². The monoisotopic (exact) mass is 157 g/mol. The Labute approximate surface area is 66.8 Å². The highest BCUT2D eigenvalue weighted by atomic mass is 16.4. The predicted octanol–water partition coefficient (Wildman–Crippen LogP) is 0.851. The lowest BCUT2D eigenvalue weighted by Crippen LogP contribution is -2.45. The molecule has 1 aliphatic rings. The van der Waals surface area contributed by atoms with Gasteiger partial charge < -0.3 is 10.4 Å². The highest BCUT2D eigenvalue weighted by molar-refractivity contribution is 5.75. The number of piperidine rings is 1. The smallest absolute Gasteiger partial charge is 0.310 e. The number of nitrogens with one attached hydrogen (secondary N) is 1. The van der Waals surface area contributed by atoms with Crippen LogP contribution < -0.4 is 5.32 Å². The van der Waals surface area contributed by atoms with E-state index in [1.54, 1.807) is 0 Å². The first-order chi connectivity index (χ1) is 5.21. The second kappa shape index (κ2) is 3.22. The summed E-state index contributed by atoms with van der Waals surface area (Å²) in [7, 11) is 0. The Morgan fingerprint density at radius 2 is 2.45 bits per heavy atom. The molecule has 0 amide bonds. The lowest BCUT2D eigenvalue weighted by Gasteiger charge is -2.32. The van der Waals surface area contributed by atoms with Crippen molar-refractivity contribution >= 4 is 5.97 Å². The summed E-state index contributed by atoms with van der Waals surface area (Å²) in [6.07, 6.45) is 2.54. The number of rotatable bonds is 2. The Bertz CT molecular complexity index is 150. The minimum Gasteiger partial charge on any atom is -0.481 e. The fraction of sp³-hybridized carbons (Fsp3) is 0.875. The molecule has 2 N–H and O–H groups in total. The van der Waals surface area contributed by atoms with Gasteiger partial charge in [-0.05, 0) is 25.8 Å². The van der Waals surface area contributed by atoms with Gasteiger partial charge in [0, 0.05) is 6.54 Å². The fourth-order valence-corrected chi connectivity index (χ4v) is 1.60. The number of carboxylic acids is 1. The van der Waals surface area contributed by atoms with Crippen LogP contribution in [0.25, 0.3) is 0 Å². The molecule has 0 bridgehead atoms. The van der Waals surface area contributed by atoms with E-state index in [4.69, 9.17) is 5.11 Å². The molecule has 0 aliphatic carbocycles. The van der Waals surface area contributed by atoms with Gasteiger partial charge in [0.25, 0.3) is 0 Å². The van der Waals surface area contributed by atoms with Crippen molar-refractivity contribution in [1.82, 2.24) is 5.32 Å². The van der Waals surface area contributed by atoms with Gasteiger partial charge >= 0.3 is 5.97 Å². The molecular weight excluding hydrogens is 142 g/mol. The van der Waals surface area contributed by atoms with Crippen molar-refractivity contribution in [2.45, 2.75) is 26.2 Å². The molecule has 1 heterocycles. The zero-order valence-corrected chi connectivity index (χ0v) is 6.89. The van der Waals surface area contributed by atoms with Crippen LogP contribution >= 0.6 is 0 Å². The van der Waals surface area contributed by atoms with Crippen molar-refractivity contribution in [3.05, 3.63) is 0 Å². The first-order valence-corrected chi connectivity index (χ1v) is 4.15. The topological polar surface area (TPSA) is 49.3 Å². The number of hydrogen-bond acceptors (Lipinski definition) is 2. The van der Waals surface area contributed by atoms with Gasteiger partial charge in [0.15, 0.2) is 0 Å². The zero-order chi connectivity index (χ0) is 8.32. The molecule has 0 spiro atoms. The molecule has 1 fully saturated rings. The lowest BCUT2D eigenvalue weighted by molar-refractivity contribution is -0.150. The molecule has 0 radical (unpaired) electrons. The summed E-state index contributed by atoms with van der Waals surface area (Å²) < 4.78 is 0. The largest absolute Gasteiger partial charge is 0.481 e. The number of hydrogen-bond donors (Lipinski definition) is 2. The minimum atomic E-state index is -0.646. The molecule has 0 saturated carbocycles. The average Bonchev–Trinajstić information content (AvgIpc) is 2.05. The first kappa shape index (κ1) is 8.53. The fourth-order valence-electron chi connectivity index (χ4n) is 1.60. The third-order valence-electron chi connectivity index (χ3n) is 2.60. The number of aliphatic carboxylic acids is 1. The van der Waals surface area contributed by atoms with E-state index in [1.165, 1.54) is 0 Å². The molecule has 11 heavy (non-hydrogen) atoms. The molecule has 1 saturated heterocycles. The molecule has 3 nitrogen and oxygen atoms in total. The number of carbonyl (C=O) groups is 1. The van der Waals surface area contributed by atoms with E-state index in [1.807, 2.05) is 6.92 Å². The SMILES string of the molecule is CCC1(C(=O)O)CCCNC1. The van der Waals surface area contributed by atoms with Crippen LogP contribution in [0.1, 0.15) is 26.2 Å². The Morgan fingerprint density at radius 1 is 1.73 bits per heavy atom. The van der Waals surface area contributed by atoms with E-state index in [0.717, 1.165) is 25.8 Å². The normalized spacial score (nSPS) is 31.7. The van der Waals surface area contributed by atoms with Crippen molar-refractivity contribution in [1.29, 1.82) is 0 Å². The third-order valence-corrected chi connectivity index (χ3v) is 2.60. The maximum absolute atomic E-state index is 10.9. The molecule has 1 aliphatic heterocycles. The first-order valence-electron chi connectivity index (χ1n) is 4.15. The van der Waals surface area contributed by atoms with E-state index in [-0.39, 0.29) is 0 Å². The van der Waals surface area contributed by atoms with Crippen molar-refractivity contribution in [3.63, 3.8) is 0 Å². The molecule has 0 aromatic carbocycles. The Balaban J connectivity index is 2.64. The van der Waals surface area contributed by atoms with Crippen LogP contribution in [-0.4, -0.2) is 24.2 Å². The highest BCUT2D eigenvalue weighted by Gasteiger charge is 2.37. The summed E-state index contributed by atoms with van der Waals surface area (Å²) in [6.45, 7) is 3.55. The molecule has 3 heteroatoms. The maximum atomic E-state index is 10.9. The summed E-state index contributed by atoms with van der Waals surface area (Å²) in [5.74, 6) is -0.646. The van der Waals surface area contributed by atoms with E-state index in [0.29, 0.717) is 6.54 Å². The predicted molar refractivity (Wildman–Crippen MR) is 42.5 cm³/mol. The standard InChI is InChI=1S/C8H15NO2/c1-2-8(7(10)11)4-3-5-9-6-8/h9H,2-6H2,1H3,(H,10,11). The quantitative estimate of drug-likeness (QED) is 0.624. The Hall–Kier alpha value is -0.570. The lowest BCUT2D eigenvalue weighted by atomic mass is 9.78. The van der Waals surface area contributed by atoms with Crippen LogP contribution in [0.2, 0.25) is 0 Å². The molecule has 1 atom stereocenters. The maximum Gasteiger partial charge on any atom is 0.310 e. The Kier molecular flexibility index (Phi) is 2.49. The number of carboxylic acid groups (broad SMARTS) is 1. The van der Waals surface area contributed by atoms with Gasteiger partial charge in [0.1, 0.15) is 0 Å². The minimum absolute atomic E-state index is 0.474. The van der Waals surface area contributed by atoms with Gasteiger partial charge in [-0.2, -0.15) is 0 Å². The van der Waals surface area contributed by atoms with Crippen LogP contribution in [0.15, 0.2) is 0 Å². The van der Waals surface area contributed by atoms with Crippen molar-refractivity contribution < 1.29 is 9.90 Å². The summed E-state index contributed by atoms with van der Waals surface area (Å²) >= 11 is 0. The second-order valence-corrected chi connectivity index (χ2v) is 3.22. The van der Waals surface area contributed by atoms with Crippen molar-refractivity contribution in [3.8, 4) is 0 Å². The molecule has 1 unspecified atom stereocenters. The van der Waals surface area contributed by atoms with Crippen LogP contribution in [0, 0.1) is 5.41 Å². The molecule has 1 rings (SSSR count). The van der Waals surface area contributed by atoms with Crippen molar-refractivity contribution in [2.75, 3.05) is 13.1 Å². The van der Waals surface area contributed by atoms with Crippen LogP contribution in [0.5, 0.6) is 0 Å². The van der Waals surface area contributed by atoms with E-state index >= 15 is 0 Å². The molecule has 0 aromatic heterocycles. The molecule has 64 valence electrons. The molecule has 0 aromatic rings. The van der Waals surface area contributed by atoms with E-state index < -0.39 is 11.4 Å². The van der Waals surface area contributed by atoms with Gasteiger partial charge in [0.05, 0.1) is 5.41 Å². The average molecular weight is 157 g/mol.